The van der Waals surface area contributed by atoms with Crippen molar-refractivity contribution in [1.82, 2.24) is 15.0 Å². The molecule has 11 rings (SSSR count). The SMILES string of the molecule is c1ccc(-c2ccc(-c3nc(-c4cccc5c4oc4cccc(-c6ccccc6)c45)nc(-c4cccc5oc6cccc(-c7ccccc7)c6c45)n3)cc2)cc1. The minimum Gasteiger partial charge on any atom is -0.456 e. The van der Waals surface area contributed by atoms with E-state index in [0.29, 0.717) is 17.5 Å². The Kier molecular flexibility index (Phi) is 7.42. The highest BCUT2D eigenvalue weighted by Gasteiger charge is 2.22. The Morgan fingerprint density at radius 2 is 0.696 bits per heavy atom. The van der Waals surface area contributed by atoms with Gasteiger partial charge in [0.25, 0.3) is 0 Å². The van der Waals surface area contributed by atoms with Crippen molar-refractivity contribution in [2.24, 2.45) is 0 Å². The average molecular weight is 718 g/mol. The van der Waals surface area contributed by atoms with E-state index in [4.69, 9.17) is 23.8 Å². The van der Waals surface area contributed by atoms with Crippen LogP contribution in [0.4, 0.5) is 0 Å². The van der Waals surface area contributed by atoms with Gasteiger partial charge in [-0.15, -0.1) is 0 Å². The Hall–Kier alpha value is -7.63. The summed E-state index contributed by atoms with van der Waals surface area (Å²) in [6.07, 6.45) is 0. The Morgan fingerprint density at radius 1 is 0.268 bits per heavy atom. The van der Waals surface area contributed by atoms with Crippen LogP contribution in [0.1, 0.15) is 0 Å². The van der Waals surface area contributed by atoms with Crippen molar-refractivity contribution < 1.29 is 8.83 Å². The van der Waals surface area contributed by atoms with E-state index in [-0.39, 0.29) is 0 Å². The standard InChI is InChI=1S/C51H31N3O2/c1-4-14-32(15-5-1)33-28-30-36(31-29-33)49-52-50(40-23-13-27-44-47(40)46-38(21-12-26-43(46)55-44)35-18-8-3-9-19-35)54-51(53-49)41-24-10-22-39-45-37(34-16-6-2-7-17-34)20-11-25-42(45)56-48(39)41/h1-31H. The molecule has 0 aliphatic carbocycles. The van der Waals surface area contributed by atoms with E-state index < -0.39 is 0 Å². The smallest absolute Gasteiger partial charge is 0.167 e. The van der Waals surface area contributed by atoms with Crippen LogP contribution in [-0.2, 0) is 0 Å². The van der Waals surface area contributed by atoms with Gasteiger partial charge in [-0.2, -0.15) is 0 Å². The molecule has 8 aromatic carbocycles. The van der Waals surface area contributed by atoms with Gasteiger partial charge in [0.1, 0.15) is 22.3 Å². The highest BCUT2D eigenvalue weighted by Crippen LogP contribution is 2.43. The zero-order valence-electron chi connectivity index (χ0n) is 30.1. The number of hydrogen-bond acceptors (Lipinski definition) is 5. The van der Waals surface area contributed by atoms with Gasteiger partial charge in [0, 0.05) is 32.7 Å². The molecule has 11 aromatic rings. The lowest BCUT2D eigenvalue weighted by Crippen LogP contribution is -2.00. The van der Waals surface area contributed by atoms with E-state index in [9.17, 15) is 0 Å². The van der Waals surface area contributed by atoms with Crippen molar-refractivity contribution in [3.63, 3.8) is 0 Å². The summed E-state index contributed by atoms with van der Waals surface area (Å²) in [5, 5.41) is 4.04. The fraction of sp³-hybridized carbons (Fsp3) is 0. The third kappa shape index (κ3) is 5.29. The summed E-state index contributed by atoms with van der Waals surface area (Å²) < 4.78 is 13.2. The van der Waals surface area contributed by atoms with Crippen LogP contribution in [-0.4, -0.2) is 15.0 Å². The zero-order chi connectivity index (χ0) is 37.0. The second-order valence-corrected chi connectivity index (χ2v) is 13.9. The Labute approximate surface area is 322 Å². The zero-order valence-corrected chi connectivity index (χ0v) is 30.1. The largest absolute Gasteiger partial charge is 0.456 e. The molecule has 56 heavy (non-hydrogen) atoms. The van der Waals surface area contributed by atoms with E-state index >= 15 is 0 Å². The maximum Gasteiger partial charge on any atom is 0.167 e. The number of aromatic nitrogens is 3. The van der Waals surface area contributed by atoms with Crippen molar-refractivity contribution in [3.05, 3.63) is 188 Å². The molecule has 3 aromatic heterocycles. The molecule has 0 amide bonds. The topological polar surface area (TPSA) is 65.0 Å². The molecule has 0 radical (unpaired) electrons. The molecule has 5 nitrogen and oxygen atoms in total. The van der Waals surface area contributed by atoms with E-state index in [1.807, 2.05) is 60.7 Å². The van der Waals surface area contributed by atoms with Gasteiger partial charge >= 0.3 is 0 Å². The second-order valence-electron chi connectivity index (χ2n) is 13.9. The molecule has 0 bridgehead atoms. The number of hydrogen-bond donors (Lipinski definition) is 0. The van der Waals surface area contributed by atoms with E-state index in [1.54, 1.807) is 0 Å². The number of benzene rings is 8. The minimum absolute atomic E-state index is 0.524. The van der Waals surface area contributed by atoms with Gasteiger partial charge in [-0.3, -0.25) is 0 Å². The van der Waals surface area contributed by atoms with Gasteiger partial charge in [0.05, 0.1) is 5.56 Å². The predicted molar refractivity (Wildman–Crippen MR) is 227 cm³/mol. The van der Waals surface area contributed by atoms with Crippen LogP contribution < -0.4 is 0 Å². The van der Waals surface area contributed by atoms with E-state index in [0.717, 1.165) is 93.9 Å². The molecular formula is C51H31N3O2. The molecule has 0 spiro atoms. The van der Waals surface area contributed by atoms with Gasteiger partial charge in [-0.1, -0.05) is 164 Å². The van der Waals surface area contributed by atoms with Crippen LogP contribution in [0, 0.1) is 0 Å². The molecule has 262 valence electrons. The normalized spacial score (nSPS) is 11.6. The van der Waals surface area contributed by atoms with Gasteiger partial charge in [-0.25, -0.2) is 15.0 Å². The first-order valence-corrected chi connectivity index (χ1v) is 18.7. The summed E-state index contributed by atoms with van der Waals surface area (Å²) in [5.74, 6) is 1.64. The summed E-state index contributed by atoms with van der Waals surface area (Å²) >= 11 is 0. The fourth-order valence-electron chi connectivity index (χ4n) is 7.98. The Bertz CT molecular complexity index is 3220. The first-order valence-electron chi connectivity index (χ1n) is 18.7. The summed E-state index contributed by atoms with van der Waals surface area (Å²) in [4.78, 5) is 15.7. The van der Waals surface area contributed by atoms with Gasteiger partial charge in [0.2, 0.25) is 0 Å². The first kappa shape index (κ1) is 31.9. The maximum atomic E-state index is 6.72. The van der Waals surface area contributed by atoms with Crippen molar-refractivity contribution in [3.8, 4) is 67.5 Å². The summed E-state index contributed by atoms with van der Waals surface area (Å²) in [5.41, 5.74) is 12.3. The third-order valence-electron chi connectivity index (χ3n) is 10.6. The van der Waals surface area contributed by atoms with Crippen LogP contribution in [0.5, 0.6) is 0 Å². The lowest BCUT2D eigenvalue weighted by molar-refractivity contribution is 0.668. The Morgan fingerprint density at radius 3 is 1.32 bits per heavy atom. The fourth-order valence-corrected chi connectivity index (χ4v) is 7.98. The molecule has 0 fully saturated rings. The number of furan rings is 2. The van der Waals surface area contributed by atoms with Gasteiger partial charge in [-0.05, 0) is 57.6 Å². The number of fused-ring (bicyclic) bond motifs is 6. The van der Waals surface area contributed by atoms with Crippen LogP contribution >= 0.6 is 0 Å². The van der Waals surface area contributed by atoms with Crippen LogP contribution in [0.15, 0.2) is 197 Å². The monoisotopic (exact) mass is 717 g/mol. The molecule has 0 aliphatic heterocycles. The van der Waals surface area contributed by atoms with Crippen molar-refractivity contribution in [1.29, 1.82) is 0 Å². The molecule has 0 unspecified atom stereocenters. The van der Waals surface area contributed by atoms with Gasteiger partial charge in [0.15, 0.2) is 17.5 Å². The second kappa shape index (κ2) is 13.0. The maximum absolute atomic E-state index is 6.72. The molecular weight excluding hydrogens is 687 g/mol. The third-order valence-corrected chi connectivity index (χ3v) is 10.6. The summed E-state index contributed by atoms with van der Waals surface area (Å²) in [6, 6.07) is 64.4. The highest BCUT2D eigenvalue weighted by molar-refractivity contribution is 6.18. The molecule has 0 saturated carbocycles. The highest BCUT2D eigenvalue weighted by atomic mass is 16.3. The number of rotatable bonds is 6. The number of nitrogens with zero attached hydrogens (tertiary/aromatic N) is 3. The molecule has 0 aliphatic rings. The van der Waals surface area contributed by atoms with Crippen LogP contribution in [0.3, 0.4) is 0 Å². The van der Waals surface area contributed by atoms with Gasteiger partial charge < -0.3 is 8.83 Å². The summed E-state index contributed by atoms with van der Waals surface area (Å²) in [7, 11) is 0. The lowest BCUT2D eigenvalue weighted by Gasteiger charge is -2.11. The van der Waals surface area contributed by atoms with Crippen molar-refractivity contribution in [2.45, 2.75) is 0 Å². The Balaban J connectivity index is 1.16. The lowest BCUT2D eigenvalue weighted by atomic mass is 9.97. The van der Waals surface area contributed by atoms with Crippen molar-refractivity contribution in [2.75, 3.05) is 0 Å². The summed E-state index contributed by atoms with van der Waals surface area (Å²) in [6.45, 7) is 0. The molecule has 0 N–H and O–H groups in total. The van der Waals surface area contributed by atoms with E-state index in [1.165, 1.54) is 0 Å². The van der Waals surface area contributed by atoms with Crippen LogP contribution in [0.2, 0.25) is 0 Å². The first-order chi connectivity index (χ1) is 27.8. The quantitative estimate of drug-likeness (QED) is 0.171. The average Bonchev–Trinajstić information content (AvgIpc) is 3.86. The van der Waals surface area contributed by atoms with Crippen molar-refractivity contribution >= 4 is 43.9 Å². The predicted octanol–water partition coefficient (Wildman–Crippen LogP) is 13.7. The molecule has 3 heterocycles. The van der Waals surface area contributed by atoms with Crippen LogP contribution in [0.25, 0.3) is 111 Å². The molecule has 0 atom stereocenters. The molecule has 5 heteroatoms. The number of para-hydroxylation sites is 1. The van der Waals surface area contributed by atoms with E-state index in [2.05, 4.69) is 127 Å². The minimum atomic E-state index is 0.524. The molecule has 0 saturated heterocycles.